The van der Waals surface area contributed by atoms with E-state index in [2.05, 4.69) is 45.7 Å². The number of alkyl halides is 20. The van der Waals surface area contributed by atoms with E-state index >= 15 is 0 Å². The van der Waals surface area contributed by atoms with E-state index in [1.807, 2.05) is 0 Å². The fourth-order valence-corrected chi connectivity index (χ4v) is 5.76. The summed E-state index contributed by atoms with van der Waals surface area (Å²) in [5, 5.41) is -7.67. The Labute approximate surface area is 373 Å². The summed E-state index contributed by atoms with van der Waals surface area (Å²) in [4.78, 5) is 32.8. The van der Waals surface area contributed by atoms with Gasteiger partial charge in [-0.2, -0.15) is 92.1 Å². The van der Waals surface area contributed by atoms with Crippen molar-refractivity contribution < 1.29 is 138 Å². The molecule has 2 atom stereocenters. The summed E-state index contributed by atoms with van der Waals surface area (Å²) in [6.07, 6.45) is -7.81. The first kappa shape index (κ1) is 68.4. The van der Waals surface area contributed by atoms with Gasteiger partial charge in [-0.25, -0.2) is 35.9 Å². The SMILES string of the molecule is C=C(C)C(=O)OCCCNS(=C)(=O)C(F)(F)F.C=C(C)C(=O)OCCN(CC)S(=O)(=O)C(F)(F)C(F)(F)C(F)(F)C(F)(F)C(F)(F)C(F)(F)C(F)(F)C(F)(F)F.C=C(C)C(=O)OCCS(=C)(=O)O. The van der Waals surface area contributed by atoms with E-state index in [0.29, 0.717) is 6.92 Å². The number of ether oxygens (including phenoxy) is 3. The molecule has 36 heteroatoms. The zero-order chi connectivity index (χ0) is 55.5. The summed E-state index contributed by atoms with van der Waals surface area (Å²) in [6.45, 7) is 9.33. The third-order valence-electron chi connectivity index (χ3n) is 7.23. The Kier molecular flexibility index (Phi) is 23.9. The van der Waals surface area contributed by atoms with E-state index in [4.69, 9.17) is 4.55 Å². The summed E-state index contributed by atoms with van der Waals surface area (Å²) < 4.78 is 331. The molecule has 0 amide bonds. The van der Waals surface area contributed by atoms with Gasteiger partial charge in [0.15, 0.2) is 0 Å². The van der Waals surface area contributed by atoms with Crippen LogP contribution in [0.15, 0.2) is 36.5 Å². The van der Waals surface area contributed by atoms with E-state index in [1.165, 1.54) is 13.8 Å². The van der Waals surface area contributed by atoms with E-state index in [1.54, 1.807) is 4.72 Å². The molecule has 68 heavy (non-hydrogen) atoms. The summed E-state index contributed by atoms with van der Waals surface area (Å²) >= 11 is 0. The summed E-state index contributed by atoms with van der Waals surface area (Å²) in [6, 6.07) is 0. The molecular weight excluding hydrogens is 1060 g/mol. The number of halogens is 20. The molecule has 2 unspecified atom stereocenters. The molecule has 0 rings (SSSR count). The standard InChI is InChI=1S/C16H14F17NO4S.C9H14F3NO3S.C7H12O4S/c1-4-34(5-6-38-8(35)7(2)3)39(36,37)16(32,33)14(27,28)12(23,24)10(19,20)9(17,18)11(21,22)13(25,26)15(29,30)31;1-7(2)8(14)16-6-4-5-13-17(3,15)9(10,11)12;1-6(2)7(8)11-4-5-12(3,9)10/h2,4-6H2,1,3H3;1,3-6H2,2H3,(H,13,15);1,3-5H2,2H3,(H,9,10). The molecule has 0 saturated heterocycles. The van der Waals surface area contributed by atoms with Crippen LogP contribution in [-0.2, 0) is 58.1 Å². The minimum absolute atomic E-state index is 0.0773. The Morgan fingerprint density at radius 2 is 0.882 bits per heavy atom. The topological polar surface area (TPSA) is 183 Å². The predicted octanol–water partition coefficient (Wildman–Crippen LogP) is 7.26. The number of esters is 3. The average Bonchev–Trinajstić information content (AvgIpc) is 3.14. The molecule has 0 aliphatic rings. The van der Waals surface area contributed by atoms with Gasteiger partial charge in [0.2, 0.25) is 0 Å². The number of nitrogens with zero attached hydrogens (tertiary/aromatic N) is 1. The molecule has 0 aliphatic carbocycles. The lowest BCUT2D eigenvalue weighted by Gasteiger charge is -2.43. The maximum Gasteiger partial charge on any atom is 0.476 e. The normalized spacial score (nSPS) is 15.3. The number of rotatable bonds is 23. The van der Waals surface area contributed by atoms with Gasteiger partial charge in [0.05, 0.1) is 22.2 Å². The van der Waals surface area contributed by atoms with Gasteiger partial charge in [-0.3, -0.25) is 0 Å². The van der Waals surface area contributed by atoms with Crippen LogP contribution in [0.2, 0.25) is 0 Å². The molecule has 0 aliphatic heterocycles. The van der Waals surface area contributed by atoms with Crippen molar-refractivity contribution in [2.24, 2.45) is 0 Å². The van der Waals surface area contributed by atoms with Crippen LogP contribution in [0.4, 0.5) is 87.8 Å². The molecule has 0 bridgehead atoms. The fourth-order valence-electron chi connectivity index (χ4n) is 3.35. The highest BCUT2D eigenvalue weighted by molar-refractivity contribution is 7.99. The highest BCUT2D eigenvalue weighted by atomic mass is 32.2. The number of carbonyl (C=O) groups is 3. The lowest BCUT2D eigenvalue weighted by Crippen LogP contribution is -2.75. The summed E-state index contributed by atoms with van der Waals surface area (Å²) in [7, 11) is -14.8. The Morgan fingerprint density at radius 3 is 1.19 bits per heavy atom. The van der Waals surface area contributed by atoms with E-state index in [9.17, 15) is 119 Å². The fraction of sp³-hybridized carbons (Fsp3) is 0.656. The van der Waals surface area contributed by atoms with Crippen LogP contribution < -0.4 is 4.72 Å². The molecular formula is C32H40F20N2O11S3. The van der Waals surface area contributed by atoms with Crippen LogP contribution in [0, 0.1) is 0 Å². The third-order valence-corrected chi connectivity index (χ3v) is 11.5. The smallest absolute Gasteiger partial charge is 0.462 e. The molecule has 402 valence electrons. The first-order valence-electron chi connectivity index (χ1n) is 17.1. The second-order valence-corrected chi connectivity index (χ2v) is 19.1. The average molecular weight is 1100 g/mol. The first-order chi connectivity index (χ1) is 29.7. The minimum Gasteiger partial charge on any atom is -0.462 e. The van der Waals surface area contributed by atoms with Crippen LogP contribution >= 0.6 is 0 Å². The van der Waals surface area contributed by atoms with Gasteiger partial charge in [-0.15, -0.1) is 0 Å². The largest absolute Gasteiger partial charge is 0.476 e. The molecule has 0 aromatic heterocycles. The predicted molar refractivity (Wildman–Crippen MR) is 201 cm³/mol. The van der Waals surface area contributed by atoms with Gasteiger partial charge < -0.3 is 18.8 Å². The van der Waals surface area contributed by atoms with Crippen LogP contribution in [0.5, 0.6) is 0 Å². The van der Waals surface area contributed by atoms with Crippen LogP contribution in [-0.4, -0.2) is 153 Å². The molecule has 0 aromatic carbocycles. The van der Waals surface area contributed by atoms with Crippen molar-refractivity contribution in [3.63, 3.8) is 0 Å². The third kappa shape index (κ3) is 16.3. The van der Waals surface area contributed by atoms with Gasteiger partial charge in [0, 0.05) is 36.4 Å². The zero-order valence-electron chi connectivity index (χ0n) is 35.0. The maximum atomic E-state index is 14.2. The van der Waals surface area contributed by atoms with E-state index < -0.39 is 129 Å². The second-order valence-electron chi connectivity index (χ2n) is 13.1. The number of hydrogen-bond acceptors (Lipinski definition) is 10. The molecule has 0 saturated carbocycles. The first-order valence-corrected chi connectivity index (χ1v) is 22.2. The molecule has 0 spiro atoms. The number of likely N-dealkylation sites (N-methyl/N-ethyl adjacent to an activating group) is 1. The summed E-state index contributed by atoms with van der Waals surface area (Å²) in [5.74, 6) is -49.1. The van der Waals surface area contributed by atoms with Crippen LogP contribution in [0.3, 0.4) is 0 Å². The Morgan fingerprint density at radius 1 is 0.559 bits per heavy atom. The maximum absolute atomic E-state index is 14.2. The zero-order valence-corrected chi connectivity index (χ0v) is 37.4. The van der Waals surface area contributed by atoms with Crippen molar-refractivity contribution in [1.29, 1.82) is 0 Å². The van der Waals surface area contributed by atoms with Crippen molar-refractivity contribution in [3.8, 4) is 0 Å². The summed E-state index contributed by atoms with van der Waals surface area (Å²) in [5.41, 5.74) is -4.83. The highest BCUT2D eigenvalue weighted by Crippen LogP contribution is 2.64. The van der Waals surface area contributed by atoms with Gasteiger partial charge in [0.1, 0.15) is 22.9 Å². The monoisotopic (exact) mass is 1100 g/mol. The van der Waals surface area contributed by atoms with Gasteiger partial charge >= 0.3 is 70.4 Å². The van der Waals surface area contributed by atoms with Gasteiger partial charge in [-0.1, -0.05) is 26.7 Å². The molecule has 0 heterocycles. The Hall–Kier alpha value is -3.90. The lowest BCUT2D eigenvalue weighted by atomic mass is 9.91. The van der Waals surface area contributed by atoms with Crippen LogP contribution in [0.25, 0.3) is 0 Å². The Bertz CT molecular complexity index is 2140. The lowest BCUT2D eigenvalue weighted by molar-refractivity contribution is -0.458. The molecule has 2 N–H and O–H groups in total. The second kappa shape index (κ2) is 23.8. The van der Waals surface area contributed by atoms with Crippen molar-refractivity contribution in [3.05, 3.63) is 36.5 Å². The van der Waals surface area contributed by atoms with Crippen molar-refractivity contribution >= 4 is 59.2 Å². The number of carbonyl (C=O) groups excluding carboxylic acids is 3. The number of nitrogens with one attached hydrogen (secondary N) is 1. The molecule has 0 radical (unpaired) electrons. The van der Waals surface area contributed by atoms with Crippen molar-refractivity contribution in [2.45, 2.75) is 86.6 Å². The highest BCUT2D eigenvalue weighted by Gasteiger charge is 2.96. The van der Waals surface area contributed by atoms with Crippen molar-refractivity contribution in [1.82, 2.24) is 9.03 Å². The van der Waals surface area contributed by atoms with Gasteiger partial charge in [-0.05, 0) is 38.9 Å². The minimum atomic E-state index is -8.91. The van der Waals surface area contributed by atoms with Gasteiger partial charge in [0.25, 0.3) is 10.0 Å². The molecule has 13 nitrogen and oxygen atoms in total. The quantitative estimate of drug-likeness (QED) is 0.0263. The number of hydrogen-bond donors (Lipinski definition) is 2. The molecule has 0 fully saturated rings. The van der Waals surface area contributed by atoms with E-state index in [0.717, 1.165) is 6.92 Å². The van der Waals surface area contributed by atoms with Crippen LogP contribution in [0.1, 0.15) is 34.1 Å². The Balaban J connectivity index is -0.00000118. The van der Waals surface area contributed by atoms with Crippen molar-refractivity contribution in [2.75, 3.05) is 45.2 Å². The molecule has 0 aromatic rings. The van der Waals surface area contributed by atoms with E-state index in [-0.39, 0.29) is 43.1 Å². The number of sulfonamides is 1.